The third kappa shape index (κ3) is 5.01. The molecule has 5 nitrogen and oxygen atoms in total. The van der Waals surface area contributed by atoms with E-state index in [4.69, 9.17) is 0 Å². The summed E-state index contributed by atoms with van der Waals surface area (Å²) in [6, 6.07) is 11.1. The molecule has 0 amide bonds. The second-order valence-electron chi connectivity index (χ2n) is 4.44. The smallest absolute Gasteiger partial charge is 0.744 e. The van der Waals surface area contributed by atoms with Crippen molar-refractivity contribution in [3.63, 3.8) is 0 Å². The van der Waals surface area contributed by atoms with Crippen LogP contribution in [0.15, 0.2) is 57.6 Å². The van der Waals surface area contributed by atoms with Gasteiger partial charge in [0.2, 0.25) is 0 Å². The van der Waals surface area contributed by atoms with E-state index >= 15 is 0 Å². The first kappa shape index (κ1) is 18.0. The van der Waals surface area contributed by atoms with Crippen molar-refractivity contribution in [2.24, 2.45) is 10.2 Å². The zero-order valence-electron chi connectivity index (χ0n) is 12.1. The number of nitrogens with zero attached hydrogens (tertiary/aromatic N) is 2. The molecule has 0 spiro atoms. The van der Waals surface area contributed by atoms with Crippen LogP contribution in [0.25, 0.3) is 0 Å². The first-order chi connectivity index (χ1) is 9.36. The zero-order valence-corrected chi connectivity index (χ0v) is 14.9. The Morgan fingerprint density at radius 1 is 0.952 bits per heavy atom. The number of azo groups is 1. The molecule has 0 aromatic heterocycles. The van der Waals surface area contributed by atoms with E-state index in [1.54, 1.807) is 0 Å². The van der Waals surface area contributed by atoms with Gasteiger partial charge >= 0.3 is 29.6 Å². The Morgan fingerprint density at radius 2 is 1.57 bits per heavy atom. The van der Waals surface area contributed by atoms with Crippen LogP contribution in [0.2, 0.25) is 0 Å². The van der Waals surface area contributed by atoms with Crippen LogP contribution in [0.4, 0.5) is 11.4 Å². The average Bonchev–Trinajstić information content (AvgIpc) is 2.37. The molecule has 0 unspecified atom stereocenters. The molecule has 0 heterocycles. The van der Waals surface area contributed by atoms with Crippen molar-refractivity contribution in [1.82, 2.24) is 0 Å². The maximum Gasteiger partial charge on any atom is 1.00 e. The summed E-state index contributed by atoms with van der Waals surface area (Å²) >= 11 is 0. The molecule has 0 radical (unpaired) electrons. The Hall–Kier alpha value is -1.05. The van der Waals surface area contributed by atoms with Crippen LogP contribution in [0.1, 0.15) is 11.1 Å². The summed E-state index contributed by atoms with van der Waals surface area (Å²) in [4.78, 5) is -0.275. The molecular formula is C14H13N2NaO3S. The van der Waals surface area contributed by atoms with Gasteiger partial charge in [0.15, 0.2) is 0 Å². The van der Waals surface area contributed by atoms with Crippen LogP contribution in [0.3, 0.4) is 0 Å². The van der Waals surface area contributed by atoms with Gasteiger partial charge in [-0.3, -0.25) is 0 Å². The number of rotatable bonds is 3. The van der Waals surface area contributed by atoms with Crippen molar-refractivity contribution >= 4 is 21.5 Å². The van der Waals surface area contributed by atoms with Gasteiger partial charge < -0.3 is 4.55 Å². The molecule has 0 aliphatic heterocycles. The first-order valence-electron chi connectivity index (χ1n) is 5.91. The number of hydrogen-bond donors (Lipinski definition) is 0. The van der Waals surface area contributed by atoms with Crippen molar-refractivity contribution in [1.29, 1.82) is 0 Å². The Kier molecular flexibility index (Phi) is 6.24. The van der Waals surface area contributed by atoms with E-state index < -0.39 is 10.1 Å². The van der Waals surface area contributed by atoms with E-state index in [1.807, 2.05) is 32.0 Å². The molecule has 0 atom stereocenters. The van der Waals surface area contributed by atoms with E-state index in [9.17, 15) is 13.0 Å². The minimum atomic E-state index is -4.42. The maximum absolute atomic E-state index is 10.8. The number of benzene rings is 2. The molecule has 104 valence electrons. The van der Waals surface area contributed by atoms with Gasteiger partial charge in [-0.25, -0.2) is 8.42 Å². The van der Waals surface area contributed by atoms with Crippen LogP contribution in [0.5, 0.6) is 0 Å². The molecule has 0 aliphatic rings. The fraction of sp³-hybridized carbons (Fsp3) is 0.143. The summed E-state index contributed by atoms with van der Waals surface area (Å²) in [5, 5.41) is 8.12. The van der Waals surface area contributed by atoms with E-state index in [-0.39, 0.29) is 34.5 Å². The van der Waals surface area contributed by atoms with Crippen LogP contribution >= 0.6 is 0 Å². The summed E-state index contributed by atoms with van der Waals surface area (Å²) in [5.41, 5.74) is 3.38. The van der Waals surface area contributed by atoms with Crippen molar-refractivity contribution in [3.05, 3.63) is 53.6 Å². The summed E-state index contributed by atoms with van der Waals surface area (Å²) in [7, 11) is -4.42. The molecule has 21 heavy (non-hydrogen) atoms. The SMILES string of the molecule is Cc1ccc(N=Nc2ccc(S(=O)(=O)[O-])cc2)c(C)c1.[Na+]. The molecule has 2 aromatic carbocycles. The molecule has 2 rings (SSSR count). The second kappa shape index (κ2) is 7.29. The predicted molar refractivity (Wildman–Crippen MR) is 74.5 cm³/mol. The van der Waals surface area contributed by atoms with Gasteiger partial charge in [-0.1, -0.05) is 17.7 Å². The van der Waals surface area contributed by atoms with Crippen molar-refractivity contribution in [2.45, 2.75) is 18.7 Å². The quantitative estimate of drug-likeness (QED) is 0.473. The van der Waals surface area contributed by atoms with Gasteiger partial charge in [0.05, 0.1) is 16.3 Å². The van der Waals surface area contributed by atoms with Crippen molar-refractivity contribution in [3.8, 4) is 0 Å². The van der Waals surface area contributed by atoms with Gasteiger partial charge in [-0.2, -0.15) is 10.2 Å². The molecular weight excluding hydrogens is 299 g/mol. The Labute approximate surface area is 146 Å². The third-order valence-electron chi connectivity index (χ3n) is 2.75. The van der Waals surface area contributed by atoms with Crippen LogP contribution in [0, 0.1) is 13.8 Å². The Morgan fingerprint density at radius 3 is 2.10 bits per heavy atom. The van der Waals surface area contributed by atoms with Crippen molar-refractivity contribution < 1.29 is 42.5 Å². The maximum atomic E-state index is 10.8. The minimum Gasteiger partial charge on any atom is -0.744 e. The van der Waals surface area contributed by atoms with Gasteiger partial charge in [0, 0.05) is 0 Å². The summed E-state index contributed by atoms with van der Waals surface area (Å²) in [5.74, 6) is 0. The third-order valence-corrected chi connectivity index (χ3v) is 3.60. The molecule has 0 bridgehead atoms. The first-order valence-corrected chi connectivity index (χ1v) is 7.32. The van der Waals surface area contributed by atoms with Crippen LogP contribution in [-0.4, -0.2) is 13.0 Å². The van der Waals surface area contributed by atoms with Gasteiger partial charge in [0.1, 0.15) is 10.1 Å². The van der Waals surface area contributed by atoms with Crippen LogP contribution < -0.4 is 29.6 Å². The molecule has 0 saturated carbocycles. The van der Waals surface area contributed by atoms with E-state index in [1.165, 1.54) is 24.3 Å². The minimum absolute atomic E-state index is 0. The molecule has 2 aromatic rings. The molecule has 0 fully saturated rings. The summed E-state index contributed by atoms with van der Waals surface area (Å²) < 4.78 is 32.4. The zero-order chi connectivity index (χ0) is 14.8. The normalized spacial score (nSPS) is 11.4. The summed E-state index contributed by atoms with van der Waals surface area (Å²) in [6.07, 6.45) is 0. The van der Waals surface area contributed by atoms with E-state index in [0.29, 0.717) is 5.69 Å². The average molecular weight is 312 g/mol. The second-order valence-corrected chi connectivity index (χ2v) is 5.82. The largest absolute Gasteiger partial charge is 1.00 e. The fourth-order valence-corrected chi connectivity index (χ4v) is 2.18. The molecule has 0 N–H and O–H groups in total. The van der Waals surface area contributed by atoms with Gasteiger partial charge in [0.25, 0.3) is 0 Å². The molecule has 7 heteroatoms. The summed E-state index contributed by atoms with van der Waals surface area (Å²) in [6.45, 7) is 3.93. The monoisotopic (exact) mass is 312 g/mol. The van der Waals surface area contributed by atoms with Crippen LogP contribution in [-0.2, 0) is 10.1 Å². The van der Waals surface area contributed by atoms with Crippen molar-refractivity contribution in [2.75, 3.05) is 0 Å². The standard InChI is InChI=1S/C14H14N2O3S.Na/c1-10-3-8-14(11(2)9-10)16-15-12-4-6-13(7-5-12)20(17,18)19;/h3-9H,1-2H3,(H,17,18,19);/q;+1/p-1. The molecule has 0 saturated heterocycles. The Bertz CT molecular complexity index is 756. The van der Waals surface area contributed by atoms with Gasteiger partial charge in [-0.15, -0.1) is 0 Å². The van der Waals surface area contributed by atoms with Gasteiger partial charge in [-0.05, 0) is 49.7 Å². The molecule has 0 aliphatic carbocycles. The fourth-order valence-electron chi connectivity index (χ4n) is 1.71. The van der Waals surface area contributed by atoms with E-state index in [2.05, 4.69) is 10.2 Å². The predicted octanol–water partition coefficient (Wildman–Crippen LogP) is 0.627. The Balaban J connectivity index is 0.00000220. The van der Waals surface area contributed by atoms with E-state index in [0.717, 1.165) is 16.8 Å². The number of aryl methyl sites for hydroxylation is 2. The number of hydrogen-bond acceptors (Lipinski definition) is 5. The topological polar surface area (TPSA) is 81.9 Å².